The molecule has 2 aliphatic heterocycles. The van der Waals surface area contributed by atoms with E-state index >= 15 is 0 Å². The number of rotatable bonds is 2. The van der Waals surface area contributed by atoms with E-state index in [9.17, 15) is 19.1 Å². The molecule has 0 saturated carbocycles. The number of halogens is 2. The van der Waals surface area contributed by atoms with E-state index in [-0.39, 0.29) is 23.8 Å². The van der Waals surface area contributed by atoms with E-state index in [1.165, 1.54) is 6.07 Å². The van der Waals surface area contributed by atoms with E-state index in [0.29, 0.717) is 29.1 Å². The first kappa shape index (κ1) is 15.9. The number of benzene rings is 2. The van der Waals surface area contributed by atoms with Crippen LogP contribution in [0.15, 0.2) is 30.3 Å². The summed E-state index contributed by atoms with van der Waals surface area (Å²) in [5.41, 5.74) is 1.46. The standard InChI is InChI=1S/C18H13ClFNO4/c19-12-3-1-2-9-8-21(17(22)15(9)12)14-4-5-25-16-11(14)6-10(18(23)24)7-13(16)20/h1-3,6-7,14H,4-5,8H2,(H,23,24). The van der Waals surface area contributed by atoms with Crippen LogP contribution >= 0.6 is 11.6 Å². The molecule has 128 valence electrons. The maximum absolute atomic E-state index is 14.3. The average Bonchev–Trinajstić information content (AvgIpc) is 2.92. The maximum atomic E-state index is 14.3. The van der Waals surface area contributed by atoms with Gasteiger partial charge >= 0.3 is 5.97 Å². The molecule has 2 aromatic carbocycles. The fourth-order valence-corrected chi connectivity index (χ4v) is 3.76. The van der Waals surface area contributed by atoms with E-state index < -0.39 is 17.8 Å². The van der Waals surface area contributed by atoms with E-state index in [0.717, 1.165) is 11.6 Å². The van der Waals surface area contributed by atoms with Crippen LogP contribution in [0.2, 0.25) is 5.02 Å². The van der Waals surface area contributed by atoms with E-state index in [1.807, 2.05) is 6.07 Å². The zero-order chi connectivity index (χ0) is 17.7. The van der Waals surface area contributed by atoms with Crippen molar-refractivity contribution in [1.82, 2.24) is 4.90 Å². The van der Waals surface area contributed by atoms with Crippen molar-refractivity contribution in [3.63, 3.8) is 0 Å². The van der Waals surface area contributed by atoms with Crippen LogP contribution in [0.4, 0.5) is 4.39 Å². The lowest BCUT2D eigenvalue weighted by atomic mass is 9.96. The highest BCUT2D eigenvalue weighted by molar-refractivity contribution is 6.34. The highest BCUT2D eigenvalue weighted by Crippen LogP contribution is 2.42. The molecule has 25 heavy (non-hydrogen) atoms. The fourth-order valence-electron chi connectivity index (χ4n) is 3.48. The number of ether oxygens (including phenoxy) is 1. The molecule has 0 aromatic heterocycles. The topological polar surface area (TPSA) is 66.8 Å². The van der Waals surface area contributed by atoms with Gasteiger partial charge in [-0.3, -0.25) is 4.79 Å². The van der Waals surface area contributed by atoms with Crippen molar-refractivity contribution >= 4 is 23.5 Å². The Bertz CT molecular complexity index is 914. The molecule has 2 heterocycles. The largest absolute Gasteiger partial charge is 0.490 e. The Labute approximate surface area is 147 Å². The second-order valence-corrected chi connectivity index (χ2v) is 6.45. The Morgan fingerprint density at radius 1 is 1.36 bits per heavy atom. The Morgan fingerprint density at radius 2 is 2.16 bits per heavy atom. The van der Waals surface area contributed by atoms with Gasteiger partial charge < -0.3 is 14.7 Å². The first-order valence-electron chi connectivity index (χ1n) is 7.75. The van der Waals surface area contributed by atoms with Gasteiger partial charge in [-0.25, -0.2) is 9.18 Å². The van der Waals surface area contributed by atoms with Gasteiger partial charge in [-0.2, -0.15) is 0 Å². The van der Waals surface area contributed by atoms with Gasteiger partial charge in [0.1, 0.15) is 0 Å². The summed E-state index contributed by atoms with van der Waals surface area (Å²) in [5.74, 6) is -2.19. The predicted octanol–water partition coefficient (Wildman–Crippen LogP) is 3.66. The number of aromatic carboxylic acids is 1. The second-order valence-electron chi connectivity index (χ2n) is 6.04. The third-order valence-electron chi connectivity index (χ3n) is 4.61. The highest BCUT2D eigenvalue weighted by atomic mass is 35.5. The zero-order valence-corrected chi connectivity index (χ0v) is 13.7. The smallest absolute Gasteiger partial charge is 0.335 e. The Kier molecular flexibility index (Phi) is 3.65. The molecule has 5 nitrogen and oxygen atoms in total. The normalized spacial score (nSPS) is 18.6. The highest BCUT2D eigenvalue weighted by Gasteiger charge is 2.38. The van der Waals surface area contributed by atoms with Gasteiger partial charge in [0.2, 0.25) is 0 Å². The molecule has 0 spiro atoms. The van der Waals surface area contributed by atoms with Crippen LogP contribution < -0.4 is 4.74 Å². The van der Waals surface area contributed by atoms with Crippen molar-refractivity contribution in [2.75, 3.05) is 6.61 Å². The van der Waals surface area contributed by atoms with Gasteiger partial charge in [0, 0.05) is 18.5 Å². The molecular weight excluding hydrogens is 349 g/mol. The van der Waals surface area contributed by atoms with Crippen molar-refractivity contribution in [3.05, 3.63) is 63.4 Å². The van der Waals surface area contributed by atoms with E-state index in [1.54, 1.807) is 17.0 Å². The lowest BCUT2D eigenvalue weighted by Gasteiger charge is -2.33. The van der Waals surface area contributed by atoms with Crippen molar-refractivity contribution in [3.8, 4) is 5.75 Å². The van der Waals surface area contributed by atoms with Crippen molar-refractivity contribution < 1.29 is 23.8 Å². The third kappa shape index (κ3) is 2.44. The number of carboxylic acid groups (broad SMARTS) is 1. The third-order valence-corrected chi connectivity index (χ3v) is 4.92. The van der Waals surface area contributed by atoms with Gasteiger partial charge in [-0.05, 0) is 23.8 Å². The van der Waals surface area contributed by atoms with Crippen LogP contribution in [0.25, 0.3) is 0 Å². The van der Waals surface area contributed by atoms with E-state index in [2.05, 4.69) is 0 Å². The molecular formula is C18H13ClFNO4. The van der Waals surface area contributed by atoms with Crippen LogP contribution in [-0.2, 0) is 6.54 Å². The fraction of sp³-hybridized carbons (Fsp3) is 0.222. The first-order chi connectivity index (χ1) is 12.0. The van der Waals surface area contributed by atoms with Crippen LogP contribution in [0.5, 0.6) is 5.75 Å². The summed E-state index contributed by atoms with van der Waals surface area (Å²) in [6.07, 6.45) is 0.451. The summed E-state index contributed by atoms with van der Waals surface area (Å²) < 4.78 is 19.6. The van der Waals surface area contributed by atoms with Gasteiger partial charge in [-0.1, -0.05) is 23.7 Å². The van der Waals surface area contributed by atoms with Crippen molar-refractivity contribution in [2.24, 2.45) is 0 Å². The number of hydrogen-bond acceptors (Lipinski definition) is 3. The summed E-state index contributed by atoms with van der Waals surface area (Å²) in [6, 6.07) is 7.10. The molecule has 4 rings (SSSR count). The summed E-state index contributed by atoms with van der Waals surface area (Å²) in [7, 11) is 0. The van der Waals surface area contributed by atoms with Crippen molar-refractivity contribution in [2.45, 2.75) is 19.0 Å². The number of hydrogen-bond donors (Lipinski definition) is 1. The van der Waals surface area contributed by atoms with Crippen molar-refractivity contribution in [1.29, 1.82) is 0 Å². The number of carboxylic acids is 1. The molecule has 0 bridgehead atoms. The van der Waals surface area contributed by atoms with Gasteiger partial charge in [0.15, 0.2) is 11.6 Å². The molecule has 1 unspecified atom stereocenters. The van der Waals surface area contributed by atoms with Crippen LogP contribution in [0.3, 0.4) is 0 Å². The Hall–Kier alpha value is -2.60. The monoisotopic (exact) mass is 361 g/mol. The van der Waals surface area contributed by atoms with E-state index in [4.69, 9.17) is 16.3 Å². The molecule has 0 aliphatic carbocycles. The zero-order valence-electron chi connectivity index (χ0n) is 13.0. The number of carbonyl (C=O) groups excluding carboxylic acids is 1. The molecule has 7 heteroatoms. The first-order valence-corrected chi connectivity index (χ1v) is 8.13. The van der Waals surface area contributed by atoms with Crippen LogP contribution in [0.1, 0.15) is 44.3 Å². The van der Waals surface area contributed by atoms with Gasteiger partial charge in [0.25, 0.3) is 5.91 Å². The Balaban J connectivity index is 1.79. The molecule has 1 N–H and O–H groups in total. The number of carbonyl (C=O) groups is 2. The molecule has 0 fully saturated rings. The molecule has 0 radical (unpaired) electrons. The predicted molar refractivity (Wildman–Crippen MR) is 87.5 cm³/mol. The minimum absolute atomic E-state index is 0.0103. The molecule has 1 atom stereocenters. The summed E-state index contributed by atoms with van der Waals surface area (Å²) in [6.45, 7) is 0.590. The lowest BCUT2D eigenvalue weighted by Crippen LogP contribution is -2.33. The number of nitrogens with zero attached hydrogens (tertiary/aromatic N) is 1. The minimum atomic E-state index is -1.23. The summed E-state index contributed by atoms with van der Waals surface area (Å²) in [4.78, 5) is 25.7. The lowest BCUT2D eigenvalue weighted by molar-refractivity contribution is 0.0645. The molecule has 0 saturated heterocycles. The van der Waals surface area contributed by atoms with Crippen LogP contribution in [0, 0.1) is 5.82 Å². The average molecular weight is 362 g/mol. The molecule has 2 aromatic rings. The maximum Gasteiger partial charge on any atom is 0.335 e. The molecule has 1 amide bonds. The quantitative estimate of drug-likeness (QED) is 0.886. The minimum Gasteiger partial charge on any atom is -0.490 e. The number of fused-ring (bicyclic) bond motifs is 2. The van der Waals surface area contributed by atoms with Gasteiger partial charge in [0.05, 0.1) is 28.8 Å². The second kappa shape index (κ2) is 5.74. The number of amides is 1. The SMILES string of the molecule is O=C(O)c1cc(F)c2c(c1)C(N1Cc3cccc(Cl)c3C1=O)CCO2. The molecule has 2 aliphatic rings. The summed E-state index contributed by atoms with van der Waals surface area (Å²) >= 11 is 6.15. The van der Waals surface area contributed by atoms with Crippen LogP contribution in [-0.4, -0.2) is 28.5 Å². The summed E-state index contributed by atoms with van der Waals surface area (Å²) in [5, 5.41) is 9.56. The Morgan fingerprint density at radius 3 is 2.88 bits per heavy atom. The van der Waals surface area contributed by atoms with Gasteiger partial charge in [-0.15, -0.1) is 0 Å².